The van der Waals surface area contributed by atoms with Gasteiger partial charge in [-0.25, -0.2) is 8.78 Å². The van der Waals surface area contributed by atoms with Crippen LogP contribution in [0.1, 0.15) is 34.5 Å². The van der Waals surface area contributed by atoms with Crippen molar-refractivity contribution in [3.05, 3.63) is 63.1 Å². The zero-order valence-electron chi connectivity index (χ0n) is 20.4. The molecule has 1 unspecified atom stereocenters. The molecule has 2 aromatic rings. The third kappa shape index (κ3) is 6.07. The molecule has 2 heterocycles. The summed E-state index contributed by atoms with van der Waals surface area (Å²) in [5.74, 6) is -3.27. The number of hydrogen-bond donors (Lipinski definition) is 4. The largest absolute Gasteiger partial charge is 0.503 e. The molecule has 14 heteroatoms. The molecule has 202 valence electrons. The van der Waals surface area contributed by atoms with E-state index in [4.69, 9.17) is 4.74 Å². The van der Waals surface area contributed by atoms with Gasteiger partial charge in [0.05, 0.1) is 18.9 Å². The Kier molecular flexibility index (Phi) is 9.19. The first kappa shape index (κ1) is 28.5. The van der Waals surface area contributed by atoms with Crippen LogP contribution in [0.5, 0.6) is 5.75 Å². The van der Waals surface area contributed by atoms with E-state index in [2.05, 4.69) is 5.32 Å². The number of halogens is 2. The smallest absolute Gasteiger partial charge is 0.257 e. The summed E-state index contributed by atoms with van der Waals surface area (Å²) < 4.78 is 34.1. The lowest BCUT2D eigenvalue weighted by molar-refractivity contribution is -0.123. The molecule has 1 atom stereocenters. The summed E-state index contributed by atoms with van der Waals surface area (Å²) in [5, 5.41) is 14.7. The van der Waals surface area contributed by atoms with E-state index in [0.29, 0.717) is 25.5 Å². The SMILES string of the molecule is Cc1c(O)c(=O)c(C(=O)NCc2ccc(F)cc2F)cn1N(CCCP(O)O)C1(N(C)C=O)CCOC1. The van der Waals surface area contributed by atoms with E-state index in [1.54, 1.807) is 12.1 Å². The predicted molar refractivity (Wildman–Crippen MR) is 131 cm³/mol. The number of rotatable bonds is 11. The molecule has 0 bridgehead atoms. The monoisotopic (exact) mass is 542 g/mol. The van der Waals surface area contributed by atoms with Gasteiger partial charge in [0.25, 0.3) is 5.91 Å². The summed E-state index contributed by atoms with van der Waals surface area (Å²) in [6.07, 6.45) is 2.50. The van der Waals surface area contributed by atoms with Crippen LogP contribution in [0, 0.1) is 18.6 Å². The minimum atomic E-state index is -2.18. The molecular formula is C23H29F2N4O7P. The van der Waals surface area contributed by atoms with Crippen molar-refractivity contribution in [1.29, 1.82) is 0 Å². The molecule has 1 aromatic heterocycles. The summed E-state index contributed by atoms with van der Waals surface area (Å²) in [4.78, 5) is 57.7. The number of aromatic hydroxyl groups is 1. The van der Waals surface area contributed by atoms with Crippen molar-refractivity contribution in [3.8, 4) is 5.75 Å². The number of pyridine rings is 1. The summed E-state index contributed by atoms with van der Waals surface area (Å²) in [6, 6.07) is 2.86. The number of benzene rings is 1. The minimum Gasteiger partial charge on any atom is -0.503 e. The Morgan fingerprint density at radius 2 is 2.08 bits per heavy atom. The first-order valence-electron chi connectivity index (χ1n) is 11.4. The van der Waals surface area contributed by atoms with E-state index in [1.165, 1.54) is 22.7 Å². The molecular weight excluding hydrogens is 513 g/mol. The number of ether oxygens (including phenoxy) is 1. The van der Waals surface area contributed by atoms with E-state index >= 15 is 0 Å². The van der Waals surface area contributed by atoms with Crippen molar-refractivity contribution in [2.24, 2.45) is 0 Å². The fraction of sp³-hybridized carbons (Fsp3) is 0.435. The minimum absolute atomic E-state index is 0.00722. The van der Waals surface area contributed by atoms with Crippen molar-refractivity contribution in [1.82, 2.24) is 14.9 Å². The Balaban J connectivity index is 2.02. The number of aromatic nitrogens is 1. The van der Waals surface area contributed by atoms with E-state index in [1.807, 2.05) is 0 Å². The van der Waals surface area contributed by atoms with Gasteiger partial charge >= 0.3 is 0 Å². The number of carbonyl (C=O) groups is 2. The molecule has 0 saturated carbocycles. The fourth-order valence-corrected chi connectivity index (χ4v) is 4.63. The number of nitrogens with one attached hydrogen (secondary N) is 1. The van der Waals surface area contributed by atoms with Crippen LogP contribution in [0.3, 0.4) is 0 Å². The highest BCUT2D eigenvalue weighted by Crippen LogP contribution is 2.31. The number of carbonyl (C=O) groups excluding carboxylic acids is 2. The molecule has 3 rings (SSSR count). The van der Waals surface area contributed by atoms with Crippen molar-refractivity contribution >= 4 is 20.7 Å². The van der Waals surface area contributed by atoms with E-state index in [-0.39, 0.29) is 43.5 Å². The molecule has 4 N–H and O–H groups in total. The lowest BCUT2D eigenvalue weighted by Crippen LogP contribution is -2.65. The van der Waals surface area contributed by atoms with Gasteiger partial charge in [-0.2, -0.15) is 0 Å². The average molecular weight is 542 g/mol. The summed E-state index contributed by atoms with van der Waals surface area (Å²) in [5.41, 5.74) is -2.41. The van der Waals surface area contributed by atoms with Crippen LogP contribution in [0.15, 0.2) is 29.2 Å². The second-order valence-corrected chi connectivity index (χ2v) is 9.83. The number of likely N-dealkylation sites (N-methyl/N-ethyl adjacent to an activating group) is 1. The van der Waals surface area contributed by atoms with E-state index in [9.17, 15) is 38.1 Å². The van der Waals surface area contributed by atoms with Crippen molar-refractivity contribution < 1.29 is 38.0 Å². The normalized spacial score (nSPS) is 17.2. The number of amides is 2. The van der Waals surface area contributed by atoms with Crippen molar-refractivity contribution in [3.63, 3.8) is 0 Å². The number of hydrogen-bond acceptors (Lipinski definition) is 8. The Hall–Kier alpha value is -3.12. The Bertz CT molecular complexity index is 1200. The number of nitrogens with zero attached hydrogens (tertiary/aromatic N) is 3. The topological polar surface area (TPSA) is 145 Å². The van der Waals surface area contributed by atoms with Gasteiger partial charge in [-0.15, -0.1) is 0 Å². The summed E-state index contributed by atoms with van der Waals surface area (Å²) >= 11 is 0. The molecule has 1 saturated heterocycles. The highest BCUT2D eigenvalue weighted by Gasteiger charge is 2.45. The lowest BCUT2D eigenvalue weighted by atomic mass is 10.1. The van der Waals surface area contributed by atoms with E-state index < -0.39 is 48.3 Å². The van der Waals surface area contributed by atoms with Gasteiger partial charge in [0.15, 0.2) is 19.8 Å². The average Bonchev–Trinajstić information content (AvgIpc) is 3.35. The van der Waals surface area contributed by atoms with Crippen LogP contribution in [-0.2, 0) is 16.1 Å². The summed E-state index contributed by atoms with van der Waals surface area (Å²) in [7, 11) is -0.639. The van der Waals surface area contributed by atoms with Crippen LogP contribution in [0.2, 0.25) is 0 Å². The fourth-order valence-electron chi connectivity index (χ4n) is 4.21. The zero-order chi connectivity index (χ0) is 27.3. The second-order valence-electron chi connectivity index (χ2n) is 8.64. The van der Waals surface area contributed by atoms with Gasteiger partial charge in [-0.3, -0.25) is 24.1 Å². The maximum atomic E-state index is 14.0. The van der Waals surface area contributed by atoms with Gasteiger partial charge < -0.3 is 29.8 Å². The maximum absolute atomic E-state index is 14.0. The Morgan fingerprint density at radius 3 is 2.68 bits per heavy atom. The third-order valence-corrected chi connectivity index (χ3v) is 7.08. The molecule has 37 heavy (non-hydrogen) atoms. The molecule has 0 radical (unpaired) electrons. The Morgan fingerprint density at radius 1 is 1.35 bits per heavy atom. The maximum Gasteiger partial charge on any atom is 0.257 e. The summed E-state index contributed by atoms with van der Waals surface area (Å²) in [6.45, 7) is 1.64. The predicted octanol–water partition coefficient (Wildman–Crippen LogP) is 0.900. The van der Waals surface area contributed by atoms with Crippen LogP contribution in [0.4, 0.5) is 8.78 Å². The van der Waals surface area contributed by atoms with Gasteiger partial charge in [-0.1, -0.05) is 6.07 Å². The molecule has 1 aliphatic heterocycles. The van der Waals surface area contributed by atoms with Crippen LogP contribution in [0.25, 0.3) is 0 Å². The standard InChI is InChI=1S/C23H29F2N4O7P/c1-15-20(31)21(32)18(22(33)26-11-16-4-5-17(24)10-19(16)25)12-28(15)29(7-3-9-37(34)35)23(27(2)14-30)6-8-36-13-23/h4-5,10,12,14,31,34-35H,3,6-9,11,13H2,1-2H3,(H,26,33). The molecule has 1 aromatic carbocycles. The molecule has 0 aliphatic carbocycles. The van der Waals surface area contributed by atoms with Gasteiger partial charge in [0.2, 0.25) is 11.8 Å². The molecule has 11 nitrogen and oxygen atoms in total. The first-order valence-corrected chi connectivity index (χ1v) is 12.8. The molecule has 2 amide bonds. The third-order valence-electron chi connectivity index (χ3n) is 6.36. The highest BCUT2D eigenvalue weighted by atomic mass is 31.2. The van der Waals surface area contributed by atoms with Gasteiger partial charge in [0.1, 0.15) is 17.2 Å². The van der Waals surface area contributed by atoms with Gasteiger partial charge in [-0.05, 0) is 19.4 Å². The zero-order valence-corrected chi connectivity index (χ0v) is 21.3. The quantitative estimate of drug-likeness (QED) is 0.186. The second kappa shape index (κ2) is 12.0. The molecule has 0 spiro atoms. The molecule has 1 aliphatic rings. The van der Waals surface area contributed by atoms with Crippen molar-refractivity contribution in [2.45, 2.75) is 32.0 Å². The van der Waals surface area contributed by atoms with E-state index in [0.717, 1.165) is 12.1 Å². The lowest BCUT2D eigenvalue weighted by Gasteiger charge is -2.47. The van der Waals surface area contributed by atoms with Crippen molar-refractivity contribution in [2.75, 3.05) is 38.0 Å². The van der Waals surface area contributed by atoms with Crippen LogP contribution in [-0.4, -0.2) is 75.4 Å². The molecule has 1 fully saturated rings. The Labute approximate surface area is 212 Å². The first-order chi connectivity index (χ1) is 17.5. The highest BCUT2D eigenvalue weighted by molar-refractivity contribution is 7.45. The van der Waals surface area contributed by atoms with Crippen LogP contribution >= 0.6 is 8.38 Å². The van der Waals surface area contributed by atoms with Crippen LogP contribution < -0.4 is 15.8 Å². The van der Waals surface area contributed by atoms with Gasteiger partial charge in [0, 0.05) is 50.5 Å².